The van der Waals surface area contributed by atoms with Crippen molar-refractivity contribution in [2.75, 3.05) is 0 Å². The van der Waals surface area contributed by atoms with Crippen LogP contribution >= 0.6 is 0 Å². The fourth-order valence-corrected chi connectivity index (χ4v) is 3.69. The SMILES string of the molecule is CCCCCCCCCCc1ccc(Oc2cc([O-])ccc2S(=O)(=O)O)cc1.[Na+]. The van der Waals surface area contributed by atoms with Crippen LogP contribution in [-0.4, -0.2) is 13.0 Å². The minimum absolute atomic E-state index is 0. The summed E-state index contributed by atoms with van der Waals surface area (Å²) in [4.78, 5) is -0.421. The monoisotopic (exact) mass is 428 g/mol. The Labute approximate surface area is 196 Å². The van der Waals surface area contributed by atoms with Gasteiger partial charge < -0.3 is 9.84 Å². The Morgan fingerprint density at radius 3 is 2.07 bits per heavy atom. The van der Waals surface area contributed by atoms with Gasteiger partial charge in [0, 0.05) is 0 Å². The molecule has 0 radical (unpaired) electrons. The maximum atomic E-state index is 11.5. The maximum Gasteiger partial charge on any atom is 1.00 e. The molecule has 2 rings (SSSR count). The van der Waals surface area contributed by atoms with E-state index >= 15 is 0 Å². The summed E-state index contributed by atoms with van der Waals surface area (Å²) in [5.74, 6) is -0.158. The smallest absolute Gasteiger partial charge is 0.872 e. The van der Waals surface area contributed by atoms with E-state index in [1.165, 1.54) is 50.5 Å². The summed E-state index contributed by atoms with van der Waals surface area (Å²) in [6, 6.07) is 10.5. The molecular weight excluding hydrogens is 399 g/mol. The van der Waals surface area contributed by atoms with Crippen molar-refractivity contribution >= 4 is 10.1 Å². The fraction of sp³-hybridized carbons (Fsp3) is 0.455. The van der Waals surface area contributed by atoms with Crippen LogP contribution < -0.4 is 39.4 Å². The molecule has 154 valence electrons. The molecular formula is C22H29NaO5S. The van der Waals surface area contributed by atoms with Gasteiger partial charge in [0.05, 0.1) is 0 Å². The molecule has 29 heavy (non-hydrogen) atoms. The standard InChI is InChI=1S/C22H30O5S.Na/c1-2-3-4-5-6-7-8-9-10-18-11-14-20(15-12-18)27-21-17-19(23)13-16-22(21)28(24,25)26;/h11-17,23H,2-10H2,1H3,(H,24,25,26);/q;+1/p-1. The van der Waals surface area contributed by atoms with E-state index in [4.69, 9.17) is 4.74 Å². The van der Waals surface area contributed by atoms with Gasteiger partial charge in [-0.3, -0.25) is 4.55 Å². The van der Waals surface area contributed by atoms with Crippen molar-refractivity contribution in [3.63, 3.8) is 0 Å². The maximum absolute atomic E-state index is 11.5. The summed E-state index contributed by atoms with van der Waals surface area (Å²) >= 11 is 0. The first kappa shape index (κ1) is 26.0. The van der Waals surface area contributed by atoms with E-state index in [0.29, 0.717) is 5.75 Å². The average molecular weight is 429 g/mol. The molecule has 0 fully saturated rings. The first-order chi connectivity index (χ1) is 13.4. The molecule has 0 heterocycles. The van der Waals surface area contributed by atoms with E-state index in [-0.39, 0.29) is 35.3 Å². The van der Waals surface area contributed by atoms with Gasteiger partial charge in [-0.2, -0.15) is 8.42 Å². The predicted octanol–water partition coefficient (Wildman–Crippen LogP) is 2.49. The van der Waals surface area contributed by atoms with E-state index in [0.717, 1.165) is 31.0 Å². The molecule has 0 aromatic heterocycles. The zero-order valence-electron chi connectivity index (χ0n) is 17.4. The van der Waals surface area contributed by atoms with Crippen LogP contribution in [0.4, 0.5) is 0 Å². The molecule has 2 aromatic rings. The average Bonchev–Trinajstić information content (AvgIpc) is 2.64. The zero-order chi connectivity index (χ0) is 20.4. The van der Waals surface area contributed by atoms with Crippen molar-refractivity contribution in [2.24, 2.45) is 0 Å². The third-order valence-corrected chi connectivity index (χ3v) is 5.56. The molecule has 0 aliphatic rings. The Morgan fingerprint density at radius 1 is 0.897 bits per heavy atom. The van der Waals surface area contributed by atoms with Gasteiger partial charge in [0.1, 0.15) is 16.4 Å². The molecule has 0 atom stereocenters. The minimum atomic E-state index is -4.47. The number of hydrogen-bond acceptors (Lipinski definition) is 4. The molecule has 0 unspecified atom stereocenters. The van der Waals surface area contributed by atoms with Crippen molar-refractivity contribution < 1.29 is 52.4 Å². The van der Waals surface area contributed by atoms with E-state index < -0.39 is 20.8 Å². The van der Waals surface area contributed by atoms with E-state index in [9.17, 15) is 18.1 Å². The minimum Gasteiger partial charge on any atom is -0.872 e. The molecule has 1 N–H and O–H groups in total. The van der Waals surface area contributed by atoms with Crippen molar-refractivity contribution in [2.45, 2.75) is 69.6 Å². The predicted molar refractivity (Wildman–Crippen MR) is 109 cm³/mol. The van der Waals surface area contributed by atoms with Crippen LogP contribution in [-0.2, 0) is 16.5 Å². The number of hydrogen-bond donors (Lipinski definition) is 1. The van der Waals surface area contributed by atoms with Crippen LogP contribution in [0.3, 0.4) is 0 Å². The Balaban J connectivity index is 0.00000420. The third kappa shape index (κ3) is 9.53. The van der Waals surface area contributed by atoms with Gasteiger partial charge in [-0.25, -0.2) is 0 Å². The van der Waals surface area contributed by atoms with Crippen LogP contribution in [0, 0.1) is 0 Å². The molecule has 0 saturated carbocycles. The van der Waals surface area contributed by atoms with Gasteiger partial charge in [-0.1, -0.05) is 70.1 Å². The van der Waals surface area contributed by atoms with Gasteiger partial charge in [-0.05, 0) is 42.7 Å². The molecule has 0 amide bonds. The van der Waals surface area contributed by atoms with Gasteiger partial charge in [0.15, 0.2) is 0 Å². The van der Waals surface area contributed by atoms with E-state index in [2.05, 4.69) is 6.92 Å². The topological polar surface area (TPSA) is 86.7 Å². The van der Waals surface area contributed by atoms with Crippen LogP contribution in [0.15, 0.2) is 47.4 Å². The molecule has 7 heteroatoms. The number of rotatable bonds is 12. The van der Waals surface area contributed by atoms with Crippen molar-refractivity contribution in [1.29, 1.82) is 0 Å². The van der Waals surface area contributed by atoms with Crippen molar-refractivity contribution in [3.8, 4) is 17.2 Å². The van der Waals surface area contributed by atoms with E-state index in [1.54, 1.807) is 12.1 Å². The second kappa shape index (κ2) is 13.3. The second-order valence-corrected chi connectivity index (χ2v) is 8.44. The fourth-order valence-electron chi connectivity index (χ4n) is 3.10. The molecule has 0 saturated heterocycles. The summed E-state index contributed by atoms with van der Waals surface area (Å²) in [5.41, 5.74) is 1.19. The number of ether oxygens (including phenoxy) is 1. The van der Waals surface area contributed by atoms with E-state index in [1.807, 2.05) is 12.1 Å². The molecule has 5 nitrogen and oxygen atoms in total. The van der Waals surface area contributed by atoms with Crippen LogP contribution in [0.1, 0.15) is 63.9 Å². The number of benzene rings is 2. The van der Waals surface area contributed by atoms with Crippen LogP contribution in [0.5, 0.6) is 17.2 Å². The van der Waals surface area contributed by atoms with Gasteiger partial charge >= 0.3 is 29.6 Å². The van der Waals surface area contributed by atoms with Crippen molar-refractivity contribution in [3.05, 3.63) is 48.0 Å². The van der Waals surface area contributed by atoms with Crippen LogP contribution in [0.2, 0.25) is 0 Å². The quantitative estimate of drug-likeness (QED) is 0.319. The van der Waals surface area contributed by atoms with Gasteiger partial charge in [-0.15, -0.1) is 5.75 Å². The zero-order valence-corrected chi connectivity index (χ0v) is 20.2. The second-order valence-electron chi connectivity index (χ2n) is 7.05. The third-order valence-electron chi connectivity index (χ3n) is 4.66. The summed E-state index contributed by atoms with van der Waals surface area (Å²) < 4.78 is 37.7. The molecule has 0 spiro atoms. The van der Waals surface area contributed by atoms with Crippen LogP contribution in [0.25, 0.3) is 0 Å². The molecule has 2 aromatic carbocycles. The molecule has 0 aliphatic carbocycles. The van der Waals surface area contributed by atoms with Gasteiger partial charge in [0.2, 0.25) is 0 Å². The normalized spacial score (nSPS) is 11.1. The summed E-state index contributed by atoms with van der Waals surface area (Å²) in [6.45, 7) is 2.23. The summed E-state index contributed by atoms with van der Waals surface area (Å²) in [6.07, 6.45) is 11.2. The first-order valence-corrected chi connectivity index (χ1v) is 11.4. The summed E-state index contributed by atoms with van der Waals surface area (Å²) in [5, 5.41) is 11.5. The number of unbranched alkanes of at least 4 members (excludes halogenated alkanes) is 7. The first-order valence-electron chi connectivity index (χ1n) is 9.95. The Kier molecular flexibility index (Phi) is 11.9. The largest absolute Gasteiger partial charge is 1.00 e. The molecule has 0 bridgehead atoms. The summed E-state index contributed by atoms with van der Waals surface area (Å²) in [7, 11) is -4.47. The Bertz CT molecular complexity index is 835. The van der Waals surface area contributed by atoms with Gasteiger partial charge in [0.25, 0.3) is 10.1 Å². The van der Waals surface area contributed by atoms with Crippen molar-refractivity contribution in [1.82, 2.24) is 0 Å². The Hall–Kier alpha value is -1.05. The number of aryl methyl sites for hydroxylation is 1. The Morgan fingerprint density at radius 2 is 1.48 bits per heavy atom. The molecule has 0 aliphatic heterocycles.